The zero-order valence-corrected chi connectivity index (χ0v) is 5.50. The molecule has 0 atom stereocenters. The van der Waals surface area contributed by atoms with Crippen LogP contribution < -0.4 is 0 Å². The number of nitrogens with zero attached hydrogens (tertiary/aromatic N) is 2. The average Bonchev–Trinajstić information content (AvgIpc) is 2.15. The van der Waals surface area contributed by atoms with Gasteiger partial charge in [-0.05, 0) is 6.07 Å². The van der Waals surface area contributed by atoms with Crippen LogP contribution in [-0.2, 0) is 0 Å². The number of rotatable bonds is 0. The lowest BCUT2D eigenvalue weighted by molar-refractivity contribution is 1.34. The Morgan fingerprint density at radius 2 is 2.50 bits per heavy atom. The highest BCUT2D eigenvalue weighted by molar-refractivity contribution is 7.68. The van der Waals surface area contributed by atoms with Gasteiger partial charge in [-0.2, -0.15) is 4.37 Å². The highest BCUT2D eigenvalue weighted by atomic mass is 32.9. The molecule has 0 radical (unpaired) electrons. The van der Waals surface area contributed by atoms with Crippen molar-refractivity contribution in [3.05, 3.63) is 12.3 Å². The summed E-state index contributed by atoms with van der Waals surface area (Å²) < 4.78 is 4.03. The maximum absolute atomic E-state index is 4.03. The summed E-state index contributed by atoms with van der Waals surface area (Å²) in [6.07, 6.45) is 1.78. The standard InChI is InChI=1S/C4H2N2S2/c1-2-5-4-3(1)7-8-6-4/h1-2H. The summed E-state index contributed by atoms with van der Waals surface area (Å²) >= 11 is 0. The predicted molar refractivity (Wildman–Crippen MR) is 34.4 cm³/mol. The van der Waals surface area contributed by atoms with E-state index < -0.39 is 0 Å². The molecule has 0 fully saturated rings. The first-order valence-corrected chi connectivity index (χ1v) is 4.24. The SMILES string of the molecule is c1cc2ssnc-2n1. The Bertz CT molecular complexity index is 203. The van der Waals surface area contributed by atoms with Gasteiger partial charge >= 0.3 is 0 Å². The smallest absolute Gasteiger partial charge is 0.183 e. The average molecular weight is 142 g/mol. The summed E-state index contributed by atoms with van der Waals surface area (Å²) in [7, 11) is 3.15. The van der Waals surface area contributed by atoms with Crippen molar-refractivity contribution in [3.63, 3.8) is 0 Å². The van der Waals surface area contributed by atoms with Crippen LogP contribution in [0.25, 0.3) is 10.7 Å². The summed E-state index contributed by atoms with van der Waals surface area (Å²) in [5, 5.41) is 0. The highest BCUT2D eigenvalue weighted by Gasteiger charge is 2.04. The maximum atomic E-state index is 4.03. The van der Waals surface area contributed by atoms with Crippen LogP contribution >= 0.6 is 20.9 Å². The van der Waals surface area contributed by atoms with E-state index in [9.17, 15) is 0 Å². The fourth-order valence-electron chi connectivity index (χ4n) is 0.541. The zero-order valence-electron chi connectivity index (χ0n) is 3.87. The minimum atomic E-state index is 0.889. The van der Waals surface area contributed by atoms with E-state index >= 15 is 0 Å². The van der Waals surface area contributed by atoms with Gasteiger partial charge in [-0.25, -0.2) is 4.98 Å². The summed E-state index contributed by atoms with van der Waals surface area (Å²) in [6.45, 7) is 0. The van der Waals surface area contributed by atoms with E-state index in [1.165, 1.54) is 15.4 Å². The van der Waals surface area contributed by atoms with Crippen LogP contribution in [0, 0.1) is 0 Å². The van der Waals surface area contributed by atoms with Gasteiger partial charge in [-0.3, -0.25) is 0 Å². The van der Waals surface area contributed by atoms with E-state index in [2.05, 4.69) is 9.36 Å². The molecule has 2 nitrogen and oxygen atoms in total. The number of fused-ring (bicyclic) bond motifs is 1. The molecule has 2 heterocycles. The van der Waals surface area contributed by atoms with Crippen molar-refractivity contribution in [1.29, 1.82) is 0 Å². The number of aromatic nitrogens is 2. The quantitative estimate of drug-likeness (QED) is 0.523. The Balaban J connectivity index is 2.84. The molecule has 0 amide bonds. The van der Waals surface area contributed by atoms with Crippen molar-refractivity contribution in [2.24, 2.45) is 0 Å². The molecule has 2 aliphatic heterocycles. The molecular formula is C4H2N2S2. The molecular weight excluding hydrogens is 140 g/mol. The first kappa shape index (κ1) is 4.40. The van der Waals surface area contributed by atoms with Gasteiger partial charge in [-0.15, -0.1) is 0 Å². The normalized spacial score (nSPS) is 10.5. The second-order valence-corrected chi connectivity index (χ2v) is 3.27. The molecule has 0 aromatic carbocycles. The maximum Gasteiger partial charge on any atom is 0.183 e. The Kier molecular flexibility index (Phi) is 0.824. The van der Waals surface area contributed by atoms with Crippen molar-refractivity contribution >= 4 is 20.9 Å². The van der Waals surface area contributed by atoms with E-state index in [1.54, 1.807) is 16.5 Å². The minimum absolute atomic E-state index is 0.889. The monoisotopic (exact) mass is 142 g/mol. The van der Waals surface area contributed by atoms with Crippen molar-refractivity contribution in [2.45, 2.75) is 0 Å². The molecule has 0 saturated carbocycles. The molecule has 2 rings (SSSR count). The summed E-state index contributed by atoms with van der Waals surface area (Å²) in [6, 6.07) is 1.98. The van der Waals surface area contributed by atoms with Crippen molar-refractivity contribution in [1.82, 2.24) is 9.36 Å². The molecule has 2 aliphatic rings. The Hall–Kier alpha value is -0.480. The lowest BCUT2D eigenvalue weighted by Crippen LogP contribution is -1.65. The molecule has 0 aromatic heterocycles. The number of hydrogen-bond donors (Lipinski definition) is 0. The molecule has 4 heteroatoms. The van der Waals surface area contributed by atoms with E-state index in [0.717, 1.165) is 5.82 Å². The van der Waals surface area contributed by atoms with Crippen LogP contribution in [0.5, 0.6) is 0 Å². The minimum Gasteiger partial charge on any atom is -0.235 e. The lowest BCUT2D eigenvalue weighted by atomic mass is 10.5. The van der Waals surface area contributed by atoms with Gasteiger partial charge in [0.05, 0.1) is 4.88 Å². The van der Waals surface area contributed by atoms with Crippen LogP contribution in [0.2, 0.25) is 0 Å². The molecule has 0 spiro atoms. The Morgan fingerprint density at radius 1 is 1.50 bits per heavy atom. The lowest BCUT2D eigenvalue weighted by Gasteiger charge is -1.71. The fourth-order valence-corrected chi connectivity index (χ4v) is 2.18. The highest BCUT2D eigenvalue weighted by Crippen LogP contribution is 2.25. The van der Waals surface area contributed by atoms with Gasteiger partial charge in [0.25, 0.3) is 0 Å². The summed E-state index contributed by atoms with van der Waals surface area (Å²) in [5.74, 6) is 0.889. The fraction of sp³-hybridized carbons (Fsp3) is 0. The molecule has 0 aliphatic carbocycles. The molecule has 0 aromatic rings. The van der Waals surface area contributed by atoms with Crippen LogP contribution in [0.3, 0.4) is 0 Å². The van der Waals surface area contributed by atoms with Crippen LogP contribution in [0.15, 0.2) is 12.3 Å². The van der Waals surface area contributed by atoms with Crippen LogP contribution in [-0.4, -0.2) is 9.36 Å². The van der Waals surface area contributed by atoms with Gasteiger partial charge in [0.15, 0.2) is 5.82 Å². The van der Waals surface area contributed by atoms with E-state index in [4.69, 9.17) is 0 Å². The molecule has 0 N–H and O–H groups in total. The van der Waals surface area contributed by atoms with Gasteiger partial charge in [0.2, 0.25) is 0 Å². The van der Waals surface area contributed by atoms with E-state index in [0.29, 0.717) is 0 Å². The Morgan fingerprint density at radius 3 is 3.38 bits per heavy atom. The Labute approximate surface area is 53.7 Å². The molecule has 0 saturated heterocycles. The van der Waals surface area contributed by atoms with Crippen molar-refractivity contribution < 1.29 is 0 Å². The third-order valence-electron chi connectivity index (χ3n) is 0.894. The summed E-state index contributed by atoms with van der Waals surface area (Å²) in [4.78, 5) is 5.18. The molecule has 40 valence electrons. The second kappa shape index (κ2) is 1.50. The molecule has 0 unspecified atom stereocenters. The van der Waals surface area contributed by atoms with Gasteiger partial charge < -0.3 is 0 Å². The third-order valence-corrected chi connectivity index (χ3v) is 2.70. The van der Waals surface area contributed by atoms with Crippen molar-refractivity contribution in [3.8, 4) is 10.7 Å². The predicted octanol–water partition coefficient (Wildman–Crippen LogP) is 1.70. The molecule has 8 heavy (non-hydrogen) atoms. The summed E-state index contributed by atoms with van der Waals surface area (Å²) in [5.41, 5.74) is 0. The number of hydrogen-bond acceptors (Lipinski definition) is 4. The van der Waals surface area contributed by atoms with E-state index in [1.807, 2.05) is 6.07 Å². The third kappa shape index (κ3) is 0.468. The largest absolute Gasteiger partial charge is 0.235 e. The first-order valence-electron chi connectivity index (χ1n) is 2.13. The first-order chi connectivity index (χ1) is 3.97. The van der Waals surface area contributed by atoms with Crippen LogP contribution in [0.1, 0.15) is 0 Å². The van der Waals surface area contributed by atoms with Gasteiger partial charge in [0, 0.05) is 16.7 Å². The van der Waals surface area contributed by atoms with E-state index in [-0.39, 0.29) is 0 Å². The topological polar surface area (TPSA) is 25.8 Å². The zero-order chi connectivity index (χ0) is 5.40. The molecule has 0 bridgehead atoms. The van der Waals surface area contributed by atoms with Crippen LogP contribution in [0.4, 0.5) is 0 Å². The second-order valence-electron chi connectivity index (χ2n) is 1.38. The van der Waals surface area contributed by atoms with Gasteiger partial charge in [-0.1, -0.05) is 10.3 Å². The van der Waals surface area contributed by atoms with Crippen molar-refractivity contribution in [2.75, 3.05) is 0 Å². The van der Waals surface area contributed by atoms with Gasteiger partial charge in [0.1, 0.15) is 0 Å².